The summed E-state index contributed by atoms with van der Waals surface area (Å²) in [6, 6.07) is 15.1. The molecule has 0 aliphatic heterocycles. The summed E-state index contributed by atoms with van der Waals surface area (Å²) in [7, 11) is 0. The molecule has 1 unspecified atom stereocenters. The van der Waals surface area contributed by atoms with Crippen LogP contribution in [0.5, 0.6) is 11.5 Å². The predicted molar refractivity (Wildman–Crippen MR) is 91.4 cm³/mol. The van der Waals surface area contributed by atoms with Gasteiger partial charge in [0.25, 0.3) is 0 Å². The molecular weight excluding hydrogens is 272 g/mol. The summed E-state index contributed by atoms with van der Waals surface area (Å²) in [5.74, 6) is 1.19. The first kappa shape index (κ1) is 16.4. The lowest BCUT2D eigenvalue weighted by Gasteiger charge is -2.36. The largest absolute Gasteiger partial charge is 0.508 e. The molecule has 0 saturated carbocycles. The highest BCUT2D eigenvalue weighted by Crippen LogP contribution is 2.42. The molecule has 0 aliphatic rings. The zero-order valence-corrected chi connectivity index (χ0v) is 13.7. The van der Waals surface area contributed by atoms with Gasteiger partial charge in [0, 0.05) is 5.41 Å². The second-order valence-corrected chi connectivity index (χ2v) is 6.25. The number of hydrogen-bond acceptors (Lipinski definition) is 2. The van der Waals surface area contributed by atoms with Crippen LogP contribution in [-0.4, -0.2) is 10.2 Å². The van der Waals surface area contributed by atoms with Crippen LogP contribution in [0.2, 0.25) is 0 Å². The Kier molecular flexibility index (Phi) is 5.12. The quantitative estimate of drug-likeness (QED) is 0.766. The fraction of sp³-hybridized carbons (Fsp3) is 0.400. The van der Waals surface area contributed by atoms with Crippen LogP contribution in [0.1, 0.15) is 51.2 Å². The monoisotopic (exact) mass is 298 g/mol. The van der Waals surface area contributed by atoms with Crippen molar-refractivity contribution in [1.29, 1.82) is 0 Å². The highest BCUT2D eigenvalue weighted by Gasteiger charge is 2.33. The highest BCUT2D eigenvalue weighted by atomic mass is 16.3. The van der Waals surface area contributed by atoms with Gasteiger partial charge >= 0.3 is 0 Å². The molecule has 0 heterocycles. The first-order valence-corrected chi connectivity index (χ1v) is 8.11. The zero-order chi connectivity index (χ0) is 16.2. The Morgan fingerprint density at radius 1 is 0.818 bits per heavy atom. The van der Waals surface area contributed by atoms with Crippen molar-refractivity contribution in [2.24, 2.45) is 5.92 Å². The number of phenolic OH excluding ortho intramolecular Hbond substituents is 2. The number of benzene rings is 2. The molecule has 1 atom stereocenters. The van der Waals surface area contributed by atoms with Gasteiger partial charge in [0.15, 0.2) is 0 Å². The number of hydrogen-bond donors (Lipinski definition) is 2. The lowest BCUT2D eigenvalue weighted by atomic mass is 9.67. The molecule has 2 rings (SSSR count). The number of phenols is 2. The van der Waals surface area contributed by atoms with Gasteiger partial charge in [-0.15, -0.1) is 0 Å². The Balaban J connectivity index is 2.55. The minimum atomic E-state index is -0.0865. The van der Waals surface area contributed by atoms with E-state index in [2.05, 4.69) is 20.8 Å². The van der Waals surface area contributed by atoms with Gasteiger partial charge in [0.2, 0.25) is 0 Å². The Morgan fingerprint density at radius 3 is 1.55 bits per heavy atom. The van der Waals surface area contributed by atoms with Crippen LogP contribution < -0.4 is 0 Å². The SMILES string of the molecule is CCC(C)CC(CC)(c1ccc(O)cc1)c1ccc(O)cc1. The summed E-state index contributed by atoms with van der Waals surface area (Å²) in [5, 5.41) is 19.2. The minimum absolute atomic E-state index is 0.0865. The van der Waals surface area contributed by atoms with Crippen molar-refractivity contribution in [2.75, 3.05) is 0 Å². The summed E-state index contributed by atoms with van der Waals surface area (Å²) in [5.41, 5.74) is 2.36. The van der Waals surface area contributed by atoms with Gasteiger partial charge in [0.1, 0.15) is 11.5 Å². The van der Waals surface area contributed by atoms with Crippen LogP contribution in [0.4, 0.5) is 0 Å². The molecule has 0 amide bonds. The molecular formula is C20H26O2. The summed E-state index contributed by atoms with van der Waals surface area (Å²) >= 11 is 0. The molecule has 0 saturated heterocycles. The Labute approximate surface area is 133 Å². The van der Waals surface area contributed by atoms with Crippen LogP contribution in [0.3, 0.4) is 0 Å². The van der Waals surface area contributed by atoms with Crippen LogP contribution in [0.25, 0.3) is 0 Å². The van der Waals surface area contributed by atoms with Crippen LogP contribution >= 0.6 is 0 Å². The smallest absolute Gasteiger partial charge is 0.115 e. The third-order valence-corrected chi connectivity index (χ3v) is 4.84. The van der Waals surface area contributed by atoms with Crippen molar-refractivity contribution in [3.63, 3.8) is 0 Å². The molecule has 0 fully saturated rings. The molecule has 22 heavy (non-hydrogen) atoms. The summed E-state index contributed by atoms with van der Waals surface area (Å²) in [6.07, 6.45) is 3.17. The van der Waals surface area contributed by atoms with Crippen molar-refractivity contribution < 1.29 is 10.2 Å². The molecule has 0 aliphatic carbocycles. The van der Waals surface area contributed by atoms with Crippen LogP contribution in [0.15, 0.2) is 48.5 Å². The van der Waals surface area contributed by atoms with E-state index in [0.29, 0.717) is 17.4 Å². The van der Waals surface area contributed by atoms with E-state index >= 15 is 0 Å². The fourth-order valence-corrected chi connectivity index (χ4v) is 3.26. The standard InChI is InChI=1S/C20H26O2/c1-4-15(3)14-20(5-2,16-6-10-18(21)11-7-16)17-8-12-19(22)13-9-17/h6-13,15,21-22H,4-5,14H2,1-3H3. The van der Waals surface area contributed by atoms with Gasteiger partial charge < -0.3 is 10.2 Å². The summed E-state index contributed by atoms with van der Waals surface area (Å²) in [4.78, 5) is 0. The lowest BCUT2D eigenvalue weighted by Crippen LogP contribution is -2.29. The van der Waals surface area contributed by atoms with Crippen LogP contribution in [-0.2, 0) is 5.41 Å². The zero-order valence-electron chi connectivity index (χ0n) is 13.7. The maximum atomic E-state index is 9.60. The summed E-state index contributed by atoms with van der Waals surface area (Å²) < 4.78 is 0. The van der Waals surface area contributed by atoms with E-state index in [1.54, 1.807) is 24.3 Å². The van der Waals surface area contributed by atoms with E-state index < -0.39 is 0 Å². The van der Waals surface area contributed by atoms with Gasteiger partial charge in [-0.05, 0) is 54.2 Å². The second kappa shape index (κ2) is 6.87. The molecule has 118 valence electrons. The molecule has 0 aromatic heterocycles. The van der Waals surface area contributed by atoms with Crippen molar-refractivity contribution in [3.05, 3.63) is 59.7 Å². The van der Waals surface area contributed by atoms with E-state index in [1.807, 2.05) is 24.3 Å². The third kappa shape index (κ3) is 3.27. The molecule has 0 spiro atoms. The molecule has 2 N–H and O–H groups in total. The predicted octanol–water partition coefficient (Wildman–Crippen LogP) is 5.23. The molecule has 2 heteroatoms. The summed E-state index contributed by atoms with van der Waals surface area (Å²) in [6.45, 7) is 6.71. The average Bonchev–Trinajstić information content (AvgIpc) is 2.54. The molecule has 2 aromatic rings. The van der Waals surface area contributed by atoms with Crippen LogP contribution in [0, 0.1) is 5.92 Å². The molecule has 0 bridgehead atoms. The molecule has 0 radical (unpaired) electrons. The van der Waals surface area contributed by atoms with E-state index in [9.17, 15) is 10.2 Å². The number of rotatable bonds is 6. The van der Waals surface area contributed by atoms with Gasteiger partial charge in [-0.25, -0.2) is 0 Å². The minimum Gasteiger partial charge on any atom is -0.508 e. The fourth-order valence-electron chi connectivity index (χ4n) is 3.26. The highest BCUT2D eigenvalue weighted by molar-refractivity contribution is 5.43. The maximum absolute atomic E-state index is 9.60. The molecule has 2 nitrogen and oxygen atoms in total. The second-order valence-electron chi connectivity index (χ2n) is 6.25. The third-order valence-electron chi connectivity index (χ3n) is 4.84. The molecule has 2 aromatic carbocycles. The van der Waals surface area contributed by atoms with Crippen molar-refractivity contribution in [3.8, 4) is 11.5 Å². The van der Waals surface area contributed by atoms with Gasteiger partial charge in [-0.3, -0.25) is 0 Å². The van der Waals surface area contributed by atoms with Gasteiger partial charge in [-0.2, -0.15) is 0 Å². The Morgan fingerprint density at radius 2 is 1.23 bits per heavy atom. The Hall–Kier alpha value is -1.96. The van der Waals surface area contributed by atoms with E-state index in [4.69, 9.17) is 0 Å². The van der Waals surface area contributed by atoms with E-state index in [-0.39, 0.29) is 5.41 Å². The van der Waals surface area contributed by atoms with Crippen molar-refractivity contribution in [2.45, 2.75) is 45.4 Å². The Bertz CT molecular complexity index is 539. The van der Waals surface area contributed by atoms with Gasteiger partial charge in [0.05, 0.1) is 0 Å². The van der Waals surface area contributed by atoms with Crippen molar-refractivity contribution in [1.82, 2.24) is 0 Å². The average molecular weight is 298 g/mol. The first-order chi connectivity index (χ1) is 10.5. The number of aromatic hydroxyl groups is 2. The van der Waals surface area contributed by atoms with E-state index in [0.717, 1.165) is 19.3 Å². The lowest BCUT2D eigenvalue weighted by molar-refractivity contribution is 0.360. The first-order valence-electron chi connectivity index (χ1n) is 8.11. The normalized spacial score (nSPS) is 13.0. The maximum Gasteiger partial charge on any atom is 0.115 e. The van der Waals surface area contributed by atoms with Crippen molar-refractivity contribution >= 4 is 0 Å². The van der Waals surface area contributed by atoms with E-state index in [1.165, 1.54) is 11.1 Å². The van der Waals surface area contributed by atoms with Gasteiger partial charge in [-0.1, -0.05) is 51.5 Å². The topological polar surface area (TPSA) is 40.5 Å².